The van der Waals surface area contributed by atoms with Crippen LogP contribution in [0.1, 0.15) is 72.2 Å². The highest BCUT2D eigenvalue weighted by molar-refractivity contribution is 6.12. The van der Waals surface area contributed by atoms with Crippen molar-refractivity contribution in [3.05, 3.63) is 275 Å². The van der Waals surface area contributed by atoms with Crippen LogP contribution in [0.25, 0.3) is 60.9 Å². The van der Waals surface area contributed by atoms with Crippen LogP contribution in [-0.4, -0.2) is 4.57 Å². The van der Waals surface area contributed by atoms with E-state index in [4.69, 9.17) is 0 Å². The van der Waals surface area contributed by atoms with Gasteiger partial charge in [-0.3, -0.25) is 0 Å². The molecule has 2 heterocycles. The lowest BCUT2D eigenvalue weighted by atomic mass is 9.53. The second-order valence-corrected chi connectivity index (χ2v) is 20.4. The number of fused-ring (bicyclic) bond motifs is 14. The fourth-order valence-electron chi connectivity index (χ4n) is 13.1. The molecule has 10 aromatic carbocycles. The lowest BCUT2D eigenvalue weighted by Gasteiger charge is -2.50. The maximum absolute atomic E-state index is 2.55. The summed E-state index contributed by atoms with van der Waals surface area (Å²) >= 11 is 0. The molecule has 1 aliphatic heterocycles. The van der Waals surface area contributed by atoms with Crippen LogP contribution in [-0.2, 0) is 16.2 Å². The Morgan fingerprint density at radius 2 is 0.899 bits per heavy atom. The van der Waals surface area contributed by atoms with E-state index < -0.39 is 5.41 Å². The highest BCUT2D eigenvalue weighted by Crippen LogP contribution is 2.61. The van der Waals surface area contributed by atoms with Gasteiger partial charge in [0.15, 0.2) is 0 Å². The first-order chi connectivity index (χ1) is 33.8. The molecule has 2 nitrogen and oxygen atoms in total. The number of rotatable bonds is 5. The molecule has 1 aromatic heterocycles. The molecule has 14 rings (SSSR count). The van der Waals surface area contributed by atoms with E-state index in [0.717, 1.165) is 17.1 Å². The van der Waals surface area contributed by atoms with Crippen LogP contribution in [0.3, 0.4) is 0 Å². The van der Waals surface area contributed by atoms with E-state index in [2.05, 4.69) is 268 Å². The highest BCUT2D eigenvalue weighted by Gasteiger charge is 2.53. The van der Waals surface area contributed by atoms with Gasteiger partial charge in [0.1, 0.15) is 0 Å². The molecule has 0 saturated carbocycles. The van der Waals surface area contributed by atoms with Crippen molar-refractivity contribution in [1.29, 1.82) is 0 Å². The number of benzene rings is 10. The Morgan fingerprint density at radius 1 is 0.333 bits per heavy atom. The Morgan fingerprint density at radius 3 is 1.70 bits per heavy atom. The molecule has 11 aromatic rings. The average Bonchev–Trinajstić information content (AvgIpc) is 3.86. The second kappa shape index (κ2) is 14.4. The van der Waals surface area contributed by atoms with E-state index in [9.17, 15) is 0 Å². The van der Waals surface area contributed by atoms with Crippen molar-refractivity contribution in [2.24, 2.45) is 0 Å². The van der Waals surface area contributed by atoms with Crippen molar-refractivity contribution in [2.45, 2.75) is 43.9 Å². The molecule has 1 atom stereocenters. The van der Waals surface area contributed by atoms with E-state index in [1.807, 2.05) is 0 Å². The monoisotopic (exact) mass is 882 g/mol. The smallest absolute Gasteiger partial charge is 0.0748 e. The largest absolute Gasteiger partial charge is 0.310 e. The summed E-state index contributed by atoms with van der Waals surface area (Å²) in [5, 5.41) is 2.57. The summed E-state index contributed by atoms with van der Waals surface area (Å²) in [4.78, 5) is 2.55. The number of nitrogens with zero attached hydrogens (tertiary/aromatic N) is 2. The minimum atomic E-state index is -0.582. The van der Waals surface area contributed by atoms with Gasteiger partial charge in [-0.2, -0.15) is 0 Å². The molecule has 2 aliphatic carbocycles. The topological polar surface area (TPSA) is 8.17 Å². The predicted octanol–water partition coefficient (Wildman–Crippen LogP) is 17.2. The molecule has 0 fully saturated rings. The van der Waals surface area contributed by atoms with Crippen molar-refractivity contribution >= 4 is 38.9 Å². The highest BCUT2D eigenvalue weighted by atomic mass is 15.1. The van der Waals surface area contributed by atoms with Crippen molar-refractivity contribution in [3.63, 3.8) is 0 Å². The van der Waals surface area contributed by atoms with E-state index in [-0.39, 0.29) is 10.8 Å². The number of anilines is 3. The zero-order chi connectivity index (χ0) is 46.2. The summed E-state index contributed by atoms with van der Waals surface area (Å²) in [6.07, 6.45) is 0. The molecule has 69 heavy (non-hydrogen) atoms. The standard InChI is InChI=1S/C67H50N2/c1-65(2)53-27-13-11-24-48(53)49-37-35-46(41-59(49)65)68(62-39-34-45(43-20-7-5-8-21-43)40-52(62)44-22-9-6-10-23-44)47-36-38-56-60(42-47)66(3,4)54-28-14-15-29-55(54)67(56)57-30-16-18-33-63(57)69-61-32-17-12-25-50(61)51-26-19-31-58(67)64(51)69/h5-42H,1-4H3. The van der Waals surface area contributed by atoms with Gasteiger partial charge in [0.2, 0.25) is 0 Å². The first-order valence-electron chi connectivity index (χ1n) is 24.4. The number of aromatic nitrogens is 1. The predicted molar refractivity (Wildman–Crippen MR) is 288 cm³/mol. The summed E-state index contributed by atoms with van der Waals surface area (Å²) in [5.74, 6) is 0. The van der Waals surface area contributed by atoms with Gasteiger partial charge in [-0.05, 0) is 121 Å². The van der Waals surface area contributed by atoms with Gasteiger partial charge in [0, 0.05) is 38.5 Å². The van der Waals surface area contributed by atoms with Gasteiger partial charge in [0.05, 0.1) is 27.8 Å². The molecule has 0 N–H and O–H groups in total. The van der Waals surface area contributed by atoms with Crippen LogP contribution in [0, 0.1) is 0 Å². The van der Waals surface area contributed by atoms with Gasteiger partial charge >= 0.3 is 0 Å². The molecular formula is C67H50N2. The lowest BCUT2D eigenvalue weighted by Crippen LogP contribution is -2.44. The summed E-state index contributed by atoms with van der Waals surface area (Å²) in [5.41, 5.74) is 24.2. The Balaban J connectivity index is 1.07. The summed E-state index contributed by atoms with van der Waals surface area (Å²) in [6.45, 7) is 9.65. The minimum absolute atomic E-state index is 0.168. The van der Waals surface area contributed by atoms with Crippen LogP contribution < -0.4 is 4.90 Å². The van der Waals surface area contributed by atoms with Crippen molar-refractivity contribution < 1.29 is 0 Å². The normalized spacial score (nSPS) is 16.4. The molecule has 1 spiro atoms. The fourth-order valence-corrected chi connectivity index (χ4v) is 13.1. The molecule has 2 heteroatoms. The number of hydrogen-bond acceptors (Lipinski definition) is 1. The molecule has 3 aliphatic rings. The van der Waals surface area contributed by atoms with Gasteiger partial charge in [-0.15, -0.1) is 0 Å². The molecule has 0 amide bonds. The maximum atomic E-state index is 2.55. The van der Waals surface area contributed by atoms with Crippen LogP contribution in [0.5, 0.6) is 0 Å². The van der Waals surface area contributed by atoms with E-state index in [1.165, 1.54) is 105 Å². The zero-order valence-electron chi connectivity index (χ0n) is 39.3. The third kappa shape index (κ3) is 5.37. The van der Waals surface area contributed by atoms with Gasteiger partial charge in [-0.25, -0.2) is 0 Å². The molecule has 0 radical (unpaired) electrons. The number of para-hydroxylation sites is 3. The van der Waals surface area contributed by atoms with E-state index >= 15 is 0 Å². The molecule has 0 bridgehead atoms. The Labute approximate surface area is 404 Å². The van der Waals surface area contributed by atoms with Crippen LogP contribution >= 0.6 is 0 Å². The molecular weight excluding hydrogens is 833 g/mol. The van der Waals surface area contributed by atoms with Gasteiger partial charge < -0.3 is 9.47 Å². The number of hydrogen-bond donors (Lipinski definition) is 0. The quantitative estimate of drug-likeness (QED) is 0.167. The Bertz CT molecular complexity index is 3910. The van der Waals surface area contributed by atoms with Crippen LogP contribution in [0.4, 0.5) is 17.1 Å². The van der Waals surface area contributed by atoms with E-state index in [1.54, 1.807) is 0 Å². The first-order valence-corrected chi connectivity index (χ1v) is 24.4. The summed E-state index contributed by atoms with van der Waals surface area (Å²) < 4.78 is 2.54. The lowest BCUT2D eigenvalue weighted by molar-refractivity contribution is 0.556. The maximum Gasteiger partial charge on any atom is 0.0748 e. The first kappa shape index (κ1) is 39.9. The van der Waals surface area contributed by atoms with Gasteiger partial charge in [-0.1, -0.05) is 210 Å². The van der Waals surface area contributed by atoms with Gasteiger partial charge in [0.25, 0.3) is 0 Å². The SMILES string of the molecule is CC1(C)c2ccccc2-c2ccc(N(c3ccc4c(c3)C(C)(C)c3ccccc3C43c4ccccc4-n4c5ccccc5c5cccc3c54)c3ccc(-c4ccccc4)cc3-c3ccccc3)cc21. The van der Waals surface area contributed by atoms with Crippen molar-refractivity contribution in [3.8, 4) is 39.1 Å². The molecule has 0 saturated heterocycles. The Hall–Kier alpha value is -8.20. The summed E-state index contributed by atoms with van der Waals surface area (Å²) in [6, 6.07) is 86.9. The third-order valence-electron chi connectivity index (χ3n) is 16.2. The molecule has 328 valence electrons. The summed E-state index contributed by atoms with van der Waals surface area (Å²) in [7, 11) is 0. The van der Waals surface area contributed by atoms with Crippen molar-refractivity contribution in [2.75, 3.05) is 4.90 Å². The Kier molecular flexibility index (Phi) is 8.33. The van der Waals surface area contributed by atoms with Crippen molar-refractivity contribution in [1.82, 2.24) is 4.57 Å². The van der Waals surface area contributed by atoms with Crippen LogP contribution in [0.15, 0.2) is 231 Å². The third-order valence-corrected chi connectivity index (χ3v) is 16.2. The van der Waals surface area contributed by atoms with Crippen LogP contribution in [0.2, 0.25) is 0 Å². The minimum Gasteiger partial charge on any atom is -0.310 e. The fraction of sp³-hybridized carbons (Fsp3) is 0.104. The van der Waals surface area contributed by atoms with E-state index in [0.29, 0.717) is 0 Å². The zero-order valence-corrected chi connectivity index (χ0v) is 39.3. The average molecular weight is 883 g/mol. The molecule has 1 unspecified atom stereocenters. The second-order valence-electron chi connectivity index (χ2n) is 20.4.